The van der Waals surface area contributed by atoms with Crippen LogP contribution in [0.3, 0.4) is 0 Å². The maximum Gasteiger partial charge on any atom is 0.202 e. The van der Waals surface area contributed by atoms with Crippen LogP contribution >= 0.6 is 0 Å². The van der Waals surface area contributed by atoms with Crippen LogP contribution in [0.15, 0.2) is 24.3 Å². The molecule has 2 aromatic rings. The molecule has 0 spiro atoms. The highest BCUT2D eigenvalue weighted by Crippen LogP contribution is 2.24. The Balaban J connectivity index is 1.72. The molecule has 0 radical (unpaired) electrons. The molecular formula is C13H14N4O. The number of nitrogens with zero attached hydrogens (tertiary/aromatic N) is 1. The van der Waals surface area contributed by atoms with Crippen LogP contribution in [0, 0.1) is 0 Å². The molecule has 2 saturated heterocycles. The van der Waals surface area contributed by atoms with Crippen LogP contribution in [0.1, 0.15) is 16.9 Å². The average Bonchev–Trinajstić information content (AvgIpc) is 3.12. The van der Waals surface area contributed by atoms with Crippen LogP contribution in [0.4, 0.5) is 0 Å². The molecule has 2 aliphatic rings. The first-order valence-electron chi connectivity index (χ1n) is 6.30. The minimum Gasteiger partial charge on any atom is -0.310 e. The Bertz CT molecular complexity index is 620. The summed E-state index contributed by atoms with van der Waals surface area (Å²) in [6, 6.07) is 8.31. The van der Waals surface area contributed by atoms with Crippen molar-refractivity contribution >= 4 is 16.7 Å². The van der Waals surface area contributed by atoms with E-state index in [-0.39, 0.29) is 17.9 Å². The van der Waals surface area contributed by atoms with Gasteiger partial charge in [0.25, 0.3) is 0 Å². The SMILES string of the molecule is O=C(c1n[nH]c2ccccc12)C1N[C@@H]2CN[C@@H]1C2. The third kappa shape index (κ3) is 1.34. The number of fused-ring (bicyclic) bond motifs is 3. The summed E-state index contributed by atoms with van der Waals surface area (Å²) in [6.45, 7) is 0.968. The van der Waals surface area contributed by atoms with Crippen molar-refractivity contribution in [3.63, 3.8) is 0 Å². The number of carbonyl (C=O) groups excluding carboxylic acids is 1. The van der Waals surface area contributed by atoms with E-state index in [0.717, 1.165) is 23.9 Å². The van der Waals surface area contributed by atoms with Gasteiger partial charge < -0.3 is 10.6 Å². The van der Waals surface area contributed by atoms with E-state index in [9.17, 15) is 4.79 Å². The standard InChI is InChI=1S/C13H14N4O/c18-13(12-10-5-7(15-12)6-14-10)11-8-3-1-2-4-9(8)16-17-11/h1-4,7,10,12,14-15H,5-6H2,(H,16,17)/t7-,10+,12?/m0/s1. The first kappa shape index (κ1) is 10.2. The first-order chi connectivity index (χ1) is 8.83. The molecule has 1 aromatic heterocycles. The molecule has 3 atom stereocenters. The maximum absolute atomic E-state index is 12.5. The lowest BCUT2D eigenvalue weighted by Gasteiger charge is -2.22. The molecule has 0 amide bonds. The van der Waals surface area contributed by atoms with E-state index in [1.807, 2.05) is 24.3 Å². The minimum absolute atomic E-state index is 0.0900. The fourth-order valence-electron chi connectivity index (χ4n) is 3.07. The summed E-state index contributed by atoms with van der Waals surface area (Å²) in [4.78, 5) is 12.5. The fourth-order valence-corrected chi connectivity index (χ4v) is 3.07. The largest absolute Gasteiger partial charge is 0.310 e. The van der Waals surface area contributed by atoms with Crippen LogP contribution < -0.4 is 10.6 Å². The van der Waals surface area contributed by atoms with Crippen molar-refractivity contribution in [2.45, 2.75) is 24.5 Å². The molecule has 5 heteroatoms. The Morgan fingerprint density at radius 1 is 1.33 bits per heavy atom. The zero-order chi connectivity index (χ0) is 12.1. The summed E-state index contributed by atoms with van der Waals surface area (Å²) in [6.07, 6.45) is 1.04. The van der Waals surface area contributed by atoms with Crippen LogP contribution in [0.2, 0.25) is 0 Å². The zero-order valence-electron chi connectivity index (χ0n) is 9.81. The summed E-state index contributed by atoms with van der Waals surface area (Å²) >= 11 is 0. The number of para-hydroxylation sites is 1. The number of Topliss-reactive ketones (excluding diaryl/α,β-unsaturated/α-hetero) is 1. The molecule has 3 N–H and O–H groups in total. The summed E-state index contributed by atoms with van der Waals surface area (Å²) in [7, 11) is 0. The third-order valence-corrected chi connectivity index (χ3v) is 3.97. The highest BCUT2D eigenvalue weighted by molar-refractivity contribution is 6.09. The number of hydrogen-bond acceptors (Lipinski definition) is 4. The molecule has 0 aliphatic carbocycles. The highest BCUT2D eigenvalue weighted by atomic mass is 16.1. The van der Waals surface area contributed by atoms with Gasteiger partial charge in [0.15, 0.2) is 0 Å². The predicted octanol–water partition coefficient (Wildman–Crippen LogP) is 0.448. The molecule has 5 nitrogen and oxygen atoms in total. The monoisotopic (exact) mass is 242 g/mol. The second-order valence-corrected chi connectivity index (χ2v) is 5.07. The highest BCUT2D eigenvalue weighted by Gasteiger charge is 2.43. The number of piperazine rings is 1. The molecule has 1 unspecified atom stereocenters. The zero-order valence-corrected chi connectivity index (χ0v) is 9.81. The van der Waals surface area contributed by atoms with E-state index in [4.69, 9.17) is 0 Å². The summed E-state index contributed by atoms with van der Waals surface area (Å²) in [5.74, 6) is 0.0900. The summed E-state index contributed by atoms with van der Waals surface area (Å²) in [5.41, 5.74) is 1.47. The van der Waals surface area contributed by atoms with Crippen molar-refractivity contribution in [3.05, 3.63) is 30.0 Å². The number of hydrogen-bond donors (Lipinski definition) is 3. The summed E-state index contributed by atoms with van der Waals surface area (Å²) in [5, 5.41) is 14.8. The van der Waals surface area contributed by atoms with Gasteiger partial charge in [0, 0.05) is 24.0 Å². The van der Waals surface area contributed by atoms with E-state index in [2.05, 4.69) is 20.8 Å². The van der Waals surface area contributed by atoms with Crippen LogP contribution in [-0.4, -0.2) is 40.7 Å². The van der Waals surface area contributed by atoms with Crippen LogP contribution in [-0.2, 0) is 0 Å². The topological polar surface area (TPSA) is 69.8 Å². The van der Waals surface area contributed by atoms with Gasteiger partial charge in [0.2, 0.25) is 5.78 Å². The third-order valence-electron chi connectivity index (χ3n) is 3.97. The lowest BCUT2D eigenvalue weighted by atomic mass is 10.0. The van der Waals surface area contributed by atoms with Crippen LogP contribution in [0.25, 0.3) is 10.9 Å². The van der Waals surface area contributed by atoms with Gasteiger partial charge in [-0.25, -0.2) is 0 Å². The molecule has 18 heavy (non-hydrogen) atoms. The summed E-state index contributed by atoms with van der Waals surface area (Å²) < 4.78 is 0. The smallest absolute Gasteiger partial charge is 0.202 e. The normalized spacial score (nSPS) is 30.1. The molecule has 2 aliphatic heterocycles. The van der Waals surface area contributed by atoms with E-state index in [1.165, 1.54) is 0 Å². The molecule has 0 saturated carbocycles. The second kappa shape index (κ2) is 3.63. The van der Waals surface area contributed by atoms with Gasteiger partial charge >= 0.3 is 0 Å². The lowest BCUT2D eigenvalue weighted by Crippen LogP contribution is -2.52. The second-order valence-electron chi connectivity index (χ2n) is 5.07. The molecule has 4 rings (SSSR count). The number of ketones is 1. The van der Waals surface area contributed by atoms with Gasteiger partial charge in [0.1, 0.15) is 5.69 Å². The van der Waals surface area contributed by atoms with Crippen molar-refractivity contribution in [1.82, 2.24) is 20.8 Å². The molecule has 2 fully saturated rings. The van der Waals surface area contributed by atoms with Crippen molar-refractivity contribution in [1.29, 1.82) is 0 Å². The van der Waals surface area contributed by atoms with E-state index in [1.54, 1.807) is 0 Å². The Hall–Kier alpha value is -1.72. The van der Waals surface area contributed by atoms with Crippen molar-refractivity contribution in [2.24, 2.45) is 0 Å². The number of carbonyl (C=O) groups is 1. The Labute approximate surface area is 104 Å². The van der Waals surface area contributed by atoms with Gasteiger partial charge in [0.05, 0.1) is 11.6 Å². The molecule has 1 aromatic carbocycles. The fraction of sp³-hybridized carbons (Fsp3) is 0.385. The van der Waals surface area contributed by atoms with Gasteiger partial charge in [-0.05, 0) is 12.5 Å². The molecule has 3 heterocycles. The Kier molecular flexibility index (Phi) is 2.06. The van der Waals surface area contributed by atoms with Gasteiger partial charge in [-0.15, -0.1) is 0 Å². The van der Waals surface area contributed by atoms with Gasteiger partial charge in [-0.2, -0.15) is 5.10 Å². The van der Waals surface area contributed by atoms with Gasteiger partial charge in [-0.3, -0.25) is 9.89 Å². The maximum atomic E-state index is 12.5. The molecule has 2 bridgehead atoms. The number of nitrogens with one attached hydrogen (secondary N) is 3. The van der Waals surface area contributed by atoms with Crippen molar-refractivity contribution < 1.29 is 4.79 Å². The first-order valence-corrected chi connectivity index (χ1v) is 6.30. The van der Waals surface area contributed by atoms with E-state index < -0.39 is 0 Å². The number of rotatable bonds is 2. The Morgan fingerprint density at radius 3 is 3.00 bits per heavy atom. The van der Waals surface area contributed by atoms with Crippen LogP contribution in [0.5, 0.6) is 0 Å². The van der Waals surface area contributed by atoms with Crippen molar-refractivity contribution in [2.75, 3.05) is 6.54 Å². The van der Waals surface area contributed by atoms with E-state index >= 15 is 0 Å². The number of benzene rings is 1. The minimum atomic E-state index is -0.129. The average molecular weight is 242 g/mol. The molecular weight excluding hydrogens is 228 g/mol. The van der Waals surface area contributed by atoms with Crippen molar-refractivity contribution in [3.8, 4) is 0 Å². The van der Waals surface area contributed by atoms with Gasteiger partial charge in [-0.1, -0.05) is 18.2 Å². The number of aromatic amines is 1. The number of aromatic nitrogens is 2. The quantitative estimate of drug-likeness (QED) is 0.669. The predicted molar refractivity (Wildman–Crippen MR) is 67.5 cm³/mol. The Morgan fingerprint density at radius 2 is 2.22 bits per heavy atom. The lowest BCUT2D eigenvalue weighted by molar-refractivity contribution is 0.0927. The number of H-pyrrole nitrogens is 1. The van der Waals surface area contributed by atoms with E-state index in [0.29, 0.717) is 11.7 Å². The molecule has 92 valence electrons.